The number of carbonyl (C=O) groups is 1. The molecule has 0 unspecified atom stereocenters. The number of aryl methyl sites for hydroxylation is 1. The third-order valence-corrected chi connectivity index (χ3v) is 3.53. The summed E-state index contributed by atoms with van der Waals surface area (Å²) in [5, 5.41) is 6.75. The van der Waals surface area contributed by atoms with Crippen LogP contribution in [0.25, 0.3) is 11.5 Å². The average molecular weight is 338 g/mol. The fourth-order valence-corrected chi connectivity index (χ4v) is 2.25. The van der Waals surface area contributed by atoms with Crippen LogP contribution in [0.15, 0.2) is 53.2 Å². The summed E-state index contributed by atoms with van der Waals surface area (Å²) in [7, 11) is 1.60. The van der Waals surface area contributed by atoms with Crippen LogP contribution in [0, 0.1) is 0 Å². The van der Waals surface area contributed by atoms with E-state index in [-0.39, 0.29) is 5.91 Å². The summed E-state index contributed by atoms with van der Waals surface area (Å²) in [6.45, 7) is 0. The predicted molar refractivity (Wildman–Crippen MR) is 92.1 cm³/mol. The van der Waals surface area contributed by atoms with Crippen LogP contribution in [0.5, 0.6) is 5.75 Å². The van der Waals surface area contributed by atoms with Gasteiger partial charge in [-0.3, -0.25) is 9.78 Å². The minimum Gasteiger partial charge on any atom is -0.497 e. The molecule has 3 aromatic rings. The largest absolute Gasteiger partial charge is 0.497 e. The van der Waals surface area contributed by atoms with Gasteiger partial charge in [-0.25, -0.2) is 0 Å². The van der Waals surface area contributed by atoms with Crippen LogP contribution in [0.1, 0.15) is 18.7 Å². The second-order valence-corrected chi connectivity index (χ2v) is 5.36. The molecule has 1 aromatic carbocycles. The van der Waals surface area contributed by atoms with Crippen LogP contribution in [-0.2, 0) is 11.2 Å². The van der Waals surface area contributed by atoms with E-state index in [4.69, 9.17) is 9.26 Å². The Hall–Kier alpha value is -3.22. The van der Waals surface area contributed by atoms with Crippen molar-refractivity contribution < 1.29 is 14.1 Å². The molecule has 0 bridgehead atoms. The first kappa shape index (κ1) is 16.6. The summed E-state index contributed by atoms with van der Waals surface area (Å²) in [5.41, 5.74) is 1.40. The molecule has 0 spiro atoms. The molecule has 7 nitrogen and oxygen atoms in total. The van der Waals surface area contributed by atoms with Gasteiger partial charge in [-0.05, 0) is 42.8 Å². The Labute approximate surface area is 145 Å². The Kier molecular flexibility index (Phi) is 5.36. The third-order valence-electron chi connectivity index (χ3n) is 3.53. The van der Waals surface area contributed by atoms with Crippen LogP contribution in [-0.4, -0.2) is 28.1 Å². The van der Waals surface area contributed by atoms with Gasteiger partial charge in [0.2, 0.25) is 17.6 Å². The van der Waals surface area contributed by atoms with E-state index < -0.39 is 0 Å². The predicted octanol–water partition coefficient (Wildman–Crippen LogP) is 3.10. The minimum atomic E-state index is -0.0605. The van der Waals surface area contributed by atoms with Gasteiger partial charge in [0, 0.05) is 24.7 Å². The molecule has 0 aliphatic heterocycles. The van der Waals surface area contributed by atoms with Crippen LogP contribution < -0.4 is 10.1 Å². The van der Waals surface area contributed by atoms with Gasteiger partial charge in [0.25, 0.3) is 0 Å². The molecule has 0 saturated carbocycles. The first-order valence-corrected chi connectivity index (χ1v) is 7.92. The molecule has 0 saturated heterocycles. The molecule has 0 fully saturated rings. The number of amides is 1. The Bertz CT molecular complexity index is 816. The van der Waals surface area contributed by atoms with Gasteiger partial charge >= 0.3 is 0 Å². The second kappa shape index (κ2) is 8.05. The summed E-state index contributed by atoms with van der Waals surface area (Å²) in [4.78, 5) is 20.4. The number of rotatable bonds is 7. The summed E-state index contributed by atoms with van der Waals surface area (Å²) in [6.07, 6.45) is 3.20. The van der Waals surface area contributed by atoms with Crippen molar-refractivity contribution in [2.24, 2.45) is 0 Å². The number of methoxy groups -OCH3 is 1. The molecule has 7 heteroatoms. The average Bonchev–Trinajstić information content (AvgIpc) is 3.12. The molecular weight excluding hydrogens is 320 g/mol. The van der Waals surface area contributed by atoms with E-state index in [1.165, 1.54) is 0 Å². The summed E-state index contributed by atoms with van der Waals surface area (Å²) >= 11 is 0. The highest BCUT2D eigenvalue weighted by molar-refractivity contribution is 5.90. The lowest BCUT2D eigenvalue weighted by Gasteiger charge is -2.05. The Balaban J connectivity index is 1.46. The van der Waals surface area contributed by atoms with Crippen LogP contribution in [0.3, 0.4) is 0 Å². The number of pyridine rings is 1. The standard InChI is InChI=1S/C18H18N4O3/c1-24-14-10-8-13(9-11-14)20-16(23)6-4-7-17-21-18(22-25-17)15-5-2-3-12-19-15/h2-3,5,8-12H,4,6-7H2,1H3,(H,20,23). The van der Waals surface area contributed by atoms with Gasteiger partial charge in [0.15, 0.2) is 0 Å². The molecule has 0 atom stereocenters. The van der Waals surface area contributed by atoms with E-state index in [2.05, 4.69) is 20.4 Å². The van der Waals surface area contributed by atoms with Crippen molar-refractivity contribution in [3.63, 3.8) is 0 Å². The summed E-state index contributed by atoms with van der Waals surface area (Å²) in [5.74, 6) is 1.64. The zero-order valence-electron chi connectivity index (χ0n) is 13.8. The molecular formula is C18H18N4O3. The van der Waals surface area contributed by atoms with Gasteiger partial charge in [-0.15, -0.1) is 0 Å². The highest BCUT2D eigenvalue weighted by Crippen LogP contribution is 2.16. The molecule has 3 rings (SSSR count). The van der Waals surface area contributed by atoms with E-state index in [0.717, 1.165) is 11.4 Å². The maximum atomic E-state index is 12.0. The van der Waals surface area contributed by atoms with E-state index in [0.29, 0.717) is 36.7 Å². The molecule has 2 aromatic heterocycles. The van der Waals surface area contributed by atoms with Gasteiger partial charge in [-0.2, -0.15) is 4.98 Å². The zero-order valence-corrected chi connectivity index (χ0v) is 13.8. The molecule has 1 N–H and O–H groups in total. The normalized spacial score (nSPS) is 10.4. The third kappa shape index (κ3) is 4.63. The maximum Gasteiger partial charge on any atom is 0.227 e. The second-order valence-electron chi connectivity index (χ2n) is 5.36. The number of nitrogens with one attached hydrogen (secondary N) is 1. The van der Waals surface area contributed by atoms with Crippen molar-refractivity contribution in [3.05, 3.63) is 54.6 Å². The van der Waals surface area contributed by atoms with E-state index >= 15 is 0 Å². The number of anilines is 1. The molecule has 128 valence electrons. The van der Waals surface area contributed by atoms with Crippen LogP contribution >= 0.6 is 0 Å². The molecule has 25 heavy (non-hydrogen) atoms. The minimum absolute atomic E-state index is 0.0605. The molecule has 0 aliphatic rings. The van der Waals surface area contributed by atoms with Gasteiger partial charge < -0.3 is 14.6 Å². The summed E-state index contributed by atoms with van der Waals surface area (Å²) < 4.78 is 10.3. The van der Waals surface area contributed by atoms with E-state index in [9.17, 15) is 4.79 Å². The lowest BCUT2D eigenvalue weighted by Crippen LogP contribution is -2.11. The number of aromatic nitrogens is 3. The Morgan fingerprint density at radius 1 is 1.20 bits per heavy atom. The SMILES string of the molecule is COc1ccc(NC(=O)CCCc2nc(-c3ccccn3)no2)cc1. The summed E-state index contributed by atoms with van der Waals surface area (Å²) in [6, 6.07) is 12.7. The number of nitrogens with zero attached hydrogens (tertiary/aromatic N) is 3. The highest BCUT2D eigenvalue weighted by Gasteiger charge is 2.10. The first-order chi connectivity index (χ1) is 12.2. The lowest BCUT2D eigenvalue weighted by atomic mass is 10.2. The van der Waals surface area contributed by atoms with Gasteiger partial charge in [0.05, 0.1) is 7.11 Å². The van der Waals surface area contributed by atoms with Crippen molar-refractivity contribution in [3.8, 4) is 17.3 Å². The van der Waals surface area contributed by atoms with Crippen LogP contribution in [0.2, 0.25) is 0 Å². The van der Waals surface area contributed by atoms with Gasteiger partial charge in [-0.1, -0.05) is 11.2 Å². The van der Waals surface area contributed by atoms with E-state index in [1.54, 1.807) is 37.6 Å². The monoisotopic (exact) mass is 338 g/mol. The van der Waals surface area contributed by atoms with E-state index in [1.807, 2.05) is 18.2 Å². The van der Waals surface area contributed by atoms with Gasteiger partial charge in [0.1, 0.15) is 11.4 Å². The molecule has 0 aliphatic carbocycles. The van der Waals surface area contributed by atoms with Crippen molar-refractivity contribution in [2.45, 2.75) is 19.3 Å². The topological polar surface area (TPSA) is 90.1 Å². The van der Waals surface area contributed by atoms with Crippen LogP contribution in [0.4, 0.5) is 5.69 Å². The van der Waals surface area contributed by atoms with Crippen molar-refractivity contribution in [2.75, 3.05) is 12.4 Å². The molecule has 0 radical (unpaired) electrons. The smallest absolute Gasteiger partial charge is 0.227 e. The number of carbonyl (C=O) groups excluding carboxylic acids is 1. The van der Waals surface area contributed by atoms with Crippen molar-refractivity contribution >= 4 is 11.6 Å². The van der Waals surface area contributed by atoms with Crippen molar-refractivity contribution in [1.29, 1.82) is 0 Å². The maximum absolute atomic E-state index is 12.0. The first-order valence-electron chi connectivity index (χ1n) is 7.92. The fraction of sp³-hybridized carbons (Fsp3) is 0.222. The lowest BCUT2D eigenvalue weighted by molar-refractivity contribution is -0.116. The number of benzene rings is 1. The highest BCUT2D eigenvalue weighted by atomic mass is 16.5. The fourth-order valence-electron chi connectivity index (χ4n) is 2.25. The Morgan fingerprint density at radius 2 is 2.04 bits per heavy atom. The Morgan fingerprint density at radius 3 is 2.76 bits per heavy atom. The molecule has 1 amide bonds. The molecule has 2 heterocycles. The number of hydrogen-bond donors (Lipinski definition) is 1. The number of ether oxygens (including phenoxy) is 1. The van der Waals surface area contributed by atoms with Crippen molar-refractivity contribution in [1.82, 2.24) is 15.1 Å². The zero-order chi connectivity index (χ0) is 17.5. The quantitative estimate of drug-likeness (QED) is 0.712. The number of hydrogen-bond acceptors (Lipinski definition) is 6.